The van der Waals surface area contributed by atoms with Crippen molar-refractivity contribution in [3.05, 3.63) is 71.7 Å². The summed E-state index contributed by atoms with van der Waals surface area (Å²) >= 11 is 1.85. The number of aromatic nitrogens is 1. The molecule has 3 heteroatoms. The molecule has 0 aliphatic carbocycles. The van der Waals surface area contributed by atoms with E-state index in [2.05, 4.69) is 64.9 Å². The standard InChI is InChI=1S/C18H14N2S/c1-2-6-18-14(4-1)11-16(21-18)12-20-15-7-8-17-13(10-15)5-3-9-19-17/h1-11,20H,12H2. The summed E-state index contributed by atoms with van der Waals surface area (Å²) in [4.78, 5) is 5.69. The molecule has 0 atom stereocenters. The zero-order valence-corrected chi connectivity index (χ0v) is 12.2. The minimum absolute atomic E-state index is 0.852. The van der Waals surface area contributed by atoms with E-state index in [1.165, 1.54) is 20.3 Å². The van der Waals surface area contributed by atoms with Crippen LogP contribution in [-0.4, -0.2) is 4.98 Å². The molecular formula is C18H14N2S. The molecule has 0 saturated carbocycles. The van der Waals surface area contributed by atoms with Crippen molar-refractivity contribution in [2.45, 2.75) is 6.54 Å². The summed E-state index contributed by atoms with van der Waals surface area (Å²) in [7, 11) is 0. The largest absolute Gasteiger partial charge is 0.380 e. The molecule has 0 spiro atoms. The Morgan fingerprint density at radius 3 is 2.76 bits per heavy atom. The summed E-state index contributed by atoms with van der Waals surface area (Å²) in [5, 5.41) is 5.98. The highest BCUT2D eigenvalue weighted by atomic mass is 32.1. The third kappa shape index (κ3) is 2.48. The number of benzene rings is 2. The van der Waals surface area contributed by atoms with Crippen LogP contribution < -0.4 is 5.32 Å². The molecule has 21 heavy (non-hydrogen) atoms. The van der Waals surface area contributed by atoms with E-state index in [4.69, 9.17) is 0 Å². The third-order valence-corrected chi connectivity index (χ3v) is 4.66. The SMILES string of the molecule is c1cnc2ccc(NCc3cc4ccccc4s3)cc2c1. The van der Waals surface area contributed by atoms with Crippen LogP contribution in [0.4, 0.5) is 5.69 Å². The maximum Gasteiger partial charge on any atom is 0.0703 e. The first-order valence-corrected chi connectivity index (χ1v) is 7.76. The Balaban J connectivity index is 1.57. The van der Waals surface area contributed by atoms with Gasteiger partial charge >= 0.3 is 0 Å². The van der Waals surface area contributed by atoms with Crippen LogP contribution in [-0.2, 0) is 6.54 Å². The van der Waals surface area contributed by atoms with Crippen molar-refractivity contribution in [3.8, 4) is 0 Å². The van der Waals surface area contributed by atoms with Gasteiger partial charge in [0.2, 0.25) is 0 Å². The summed E-state index contributed by atoms with van der Waals surface area (Å²) in [5.41, 5.74) is 2.16. The van der Waals surface area contributed by atoms with Crippen molar-refractivity contribution in [3.63, 3.8) is 0 Å². The molecule has 0 bridgehead atoms. The van der Waals surface area contributed by atoms with Crippen LogP contribution in [0.15, 0.2) is 66.9 Å². The fraction of sp³-hybridized carbons (Fsp3) is 0.0556. The number of anilines is 1. The molecule has 0 aliphatic heterocycles. The maximum absolute atomic E-state index is 4.34. The number of nitrogens with one attached hydrogen (secondary N) is 1. The molecule has 0 aliphatic rings. The summed E-state index contributed by atoms with van der Waals surface area (Å²) in [6.07, 6.45) is 1.83. The van der Waals surface area contributed by atoms with E-state index in [0.29, 0.717) is 0 Å². The topological polar surface area (TPSA) is 24.9 Å². The Labute approximate surface area is 127 Å². The number of nitrogens with zero attached hydrogens (tertiary/aromatic N) is 1. The second-order valence-electron chi connectivity index (χ2n) is 5.01. The Morgan fingerprint density at radius 1 is 0.905 bits per heavy atom. The van der Waals surface area contributed by atoms with Gasteiger partial charge in [-0.15, -0.1) is 11.3 Å². The third-order valence-electron chi connectivity index (χ3n) is 3.55. The van der Waals surface area contributed by atoms with Crippen molar-refractivity contribution >= 4 is 38.0 Å². The lowest BCUT2D eigenvalue weighted by Crippen LogP contribution is -1.97. The molecule has 0 saturated heterocycles. The van der Waals surface area contributed by atoms with Gasteiger partial charge in [0.15, 0.2) is 0 Å². The van der Waals surface area contributed by atoms with Crippen molar-refractivity contribution in [2.24, 2.45) is 0 Å². The fourth-order valence-corrected chi connectivity index (χ4v) is 3.50. The molecular weight excluding hydrogens is 276 g/mol. The van der Waals surface area contributed by atoms with Crippen molar-refractivity contribution in [1.82, 2.24) is 4.98 Å². The maximum atomic E-state index is 4.34. The molecule has 2 nitrogen and oxygen atoms in total. The van der Waals surface area contributed by atoms with E-state index in [1.54, 1.807) is 0 Å². The smallest absolute Gasteiger partial charge is 0.0703 e. The Kier molecular flexibility index (Phi) is 3.05. The van der Waals surface area contributed by atoms with E-state index in [9.17, 15) is 0 Å². The monoisotopic (exact) mass is 290 g/mol. The summed E-state index contributed by atoms with van der Waals surface area (Å²) in [5.74, 6) is 0. The van der Waals surface area contributed by atoms with Crippen LogP contribution in [0.25, 0.3) is 21.0 Å². The van der Waals surface area contributed by atoms with Gasteiger partial charge in [0.25, 0.3) is 0 Å². The normalized spacial score (nSPS) is 11.0. The summed E-state index contributed by atoms with van der Waals surface area (Å²) in [6, 6.07) is 21.1. The number of rotatable bonds is 3. The highest BCUT2D eigenvalue weighted by Crippen LogP contribution is 2.26. The molecule has 1 N–H and O–H groups in total. The van der Waals surface area contributed by atoms with Crippen LogP contribution in [0.2, 0.25) is 0 Å². The number of pyridine rings is 1. The van der Waals surface area contributed by atoms with E-state index in [-0.39, 0.29) is 0 Å². The zero-order chi connectivity index (χ0) is 14.1. The van der Waals surface area contributed by atoms with Gasteiger partial charge in [-0.25, -0.2) is 0 Å². The number of thiophene rings is 1. The Hall–Kier alpha value is -2.39. The van der Waals surface area contributed by atoms with Crippen LogP contribution in [0, 0.1) is 0 Å². The van der Waals surface area contributed by atoms with Crippen molar-refractivity contribution in [2.75, 3.05) is 5.32 Å². The lowest BCUT2D eigenvalue weighted by molar-refractivity contribution is 1.20. The minimum Gasteiger partial charge on any atom is -0.380 e. The molecule has 0 amide bonds. The minimum atomic E-state index is 0.852. The van der Waals surface area contributed by atoms with Gasteiger partial charge in [-0.1, -0.05) is 24.3 Å². The summed E-state index contributed by atoms with van der Waals surface area (Å²) in [6.45, 7) is 0.852. The van der Waals surface area contributed by atoms with E-state index in [0.717, 1.165) is 17.7 Å². The van der Waals surface area contributed by atoms with Crippen LogP contribution in [0.3, 0.4) is 0 Å². The van der Waals surface area contributed by atoms with Gasteiger partial charge < -0.3 is 5.32 Å². The quantitative estimate of drug-likeness (QED) is 0.570. The Morgan fingerprint density at radius 2 is 1.81 bits per heavy atom. The average molecular weight is 290 g/mol. The molecule has 2 heterocycles. The van der Waals surface area contributed by atoms with E-state index < -0.39 is 0 Å². The second-order valence-corrected chi connectivity index (χ2v) is 6.18. The molecule has 0 radical (unpaired) electrons. The average Bonchev–Trinajstić information content (AvgIpc) is 2.95. The van der Waals surface area contributed by atoms with Gasteiger partial charge in [0, 0.05) is 33.4 Å². The predicted octanol–water partition coefficient (Wildman–Crippen LogP) is 5.06. The molecule has 4 rings (SSSR count). The van der Waals surface area contributed by atoms with Gasteiger partial charge in [0.05, 0.1) is 5.52 Å². The number of hydrogen-bond acceptors (Lipinski definition) is 3. The first kappa shape index (κ1) is 12.4. The van der Waals surface area contributed by atoms with E-state index >= 15 is 0 Å². The molecule has 102 valence electrons. The molecule has 2 aromatic carbocycles. The highest BCUT2D eigenvalue weighted by Gasteiger charge is 2.02. The number of fused-ring (bicyclic) bond motifs is 2. The first-order chi connectivity index (χ1) is 10.4. The second kappa shape index (κ2) is 5.19. The van der Waals surface area contributed by atoms with Crippen molar-refractivity contribution < 1.29 is 0 Å². The van der Waals surface area contributed by atoms with Gasteiger partial charge in [0.1, 0.15) is 0 Å². The predicted molar refractivity (Wildman–Crippen MR) is 90.9 cm³/mol. The lowest BCUT2D eigenvalue weighted by atomic mass is 10.2. The molecule has 0 unspecified atom stereocenters. The van der Waals surface area contributed by atoms with Crippen LogP contribution in [0.5, 0.6) is 0 Å². The van der Waals surface area contributed by atoms with Crippen LogP contribution in [0.1, 0.15) is 4.88 Å². The van der Waals surface area contributed by atoms with Crippen LogP contribution >= 0.6 is 11.3 Å². The van der Waals surface area contributed by atoms with Gasteiger partial charge in [-0.3, -0.25) is 4.98 Å². The molecule has 2 aromatic heterocycles. The highest BCUT2D eigenvalue weighted by molar-refractivity contribution is 7.19. The first-order valence-electron chi connectivity index (χ1n) is 6.95. The van der Waals surface area contributed by atoms with Crippen molar-refractivity contribution in [1.29, 1.82) is 0 Å². The lowest BCUT2D eigenvalue weighted by Gasteiger charge is -2.05. The summed E-state index contributed by atoms with van der Waals surface area (Å²) < 4.78 is 1.34. The van der Waals surface area contributed by atoms with Gasteiger partial charge in [-0.2, -0.15) is 0 Å². The fourth-order valence-electron chi connectivity index (χ4n) is 2.50. The zero-order valence-electron chi connectivity index (χ0n) is 11.4. The van der Waals surface area contributed by atoms with Gasteiger partial charge in [-0.05, 0) is 41.8 Å². The number of hydrogen-bond donors (Lipinski definition) is 1. The molecule has 4 aromatic rings. The molecule has 0 fully saturated rings. The van der Waals surface area contributed by atoms with E-state index in [1.807, 2.05) is 23.6 Å². The Bertz CT molecular complexity index is 878.